The van der Waals surface area contributed by atoms with Gasteiger partial charge in [-0.05, 0) is 36.6 Å². The number of fused-ring (bicyclic) bond motifs is 1. The first-order valence-corrected chi connectivity index (χ1v) is 11.2. The van der Waals surface area contributed by atoms with Crippen LogP contribution in [0.25, 0.3) is 0 Å². The highest BCUT2D eigenvalue weighted by molar-refractivity contribution is 7.92. The molecule has 8 heteroatoms. The molecule has 3 rings (SSSR count). The molecule has 0 saturated carbocycles. The van der Waals surface area contributed by atoms with Crippen molar-refractivity contribution in [2.24, 2.45) is 4.99 Å². The van der Waals surface area contributed by atoms with Gasteiger partial charge in [-0.1, -0.05) is 30.3 Å². The number of nitrogens with zero attached hydrogens (tertiary/aromatic N) is 2. The zero-order valence-corrected chi connectivity index (χ0v) is 17.9. The first-order valence-electron chi connectivity index (χ1n) is 9.61. The third kappa shape index (κ3) is 5.00. The number of guanidine groups is 1. The summed E-state index contributed by atoms with van der Waals surface area (Å²) < 4.78 is 32.5. The van der Waals surface area contributed by atoms with E-state index in [9.17, 15) is 8.42 Å². The first-order chi connectivity index (χ1) is 13.9. The highest BCUT2D eigenvalue weighted by Gasteiger charge is 2.28. The Hall–Kier alpha value is -2.74. The lowest BCUT2D eigenvalue weighted by Gasteiger charge is -2.20. The molecule has 0 bridgehead atoms. The maximum atomic E-state index is 12.8. The highest BCUT2D eigenvalue weighted by Crippen LogP contribution is 2.29. The maximum absolute atomic E-state index is 12.8. The van der Waals surface area contributed by atoms with Gasteiger partial charge in [0, 0.05) is 32.2 Å². The fraction of sp³-hybridized carbons (Fsp3) is 0.381. The second-order valence-corrected chi connectivity index (χ2v) is 8.95. The molecule has 0 aliphatic carbocycles. The number of ether oxygens (including phenoxy) is 1. The van der Waals surface area contributed by atoms with Gasteiger partial charge in [0.15, 0.2) is 5.96 Å². The zero-order valence-electron chi connectivity index (χ0n) is 17.1. The van der Waals surface area contributed by atoms with Crippen molar-refractivity contribution in [2.75, 3.05) is 37.3 Å². The predicted octanol–water partition coefficient (Wildman–Crippen LogP) is 2.06. The normalized spacial score (nSPS) is 13.9. The minimum absolute atomic E-state index is 0.00408. The van der Waals surface area contributed by atoms with E-state index in [-0.39, 0.29) is 12.3 Å². The molecule has 0 atom stereocenters. The molecule has 0 amide bonds. The quantitative estimate of drug-likeness (QED) is 0.533. The molecule has 2 N–H and O–H groups in total. The number of benzene rings is 2. The summed E-state index contributed by atoms with van der Waals surface area (Å²) in [5.41, 5.74) is 4.00. The van der Waals surface area contributed by atoms with Crippen molar-refractivity contribution in [3.05, 3.63) is 59.2 Å². The van der Waals surface area contributed by atoms with Crippen molar-refractivity contribution in [3.63, 3.8) is 0 Å². The number of hydrogen-bond donors (Lipinski definition) is 2. The second-order valence-electron chi connectivity index (χ2n) is 6.93. The number of nitrogens with one attached hydrogen (secondary N) is 2. The van der Waals surface area contributed by atoms with Gasteiger partial charge >= 0.3 is 0 Å². The summed E-state index contributed by atoms with van der Waals surface area (Å²) in [6.45, 7) is 3.31. The lowest BCUT2D eigenvalue weighted by atomic mass is 10.1. The third-order valence-corrected chi connectivity index (χ3v) is 6.72. The van der Waals surface area contributed by atoms with Crippen LogP contribution in [-0.2, 0) is 23.0 Å². The molecule has 0 saturated heterocycles. The molecule has 1 heterocycles. The summed E-state index contributed by atoms with van der Waals surface area (Å²) in [7, 11) is -0.0866. The maximum Gasteiger partial charge on any atom is 0.236 e. The van der Waals surface area contributed by atoms with Crippen molar-refractivity contribution >= 4 is 21.7 Å². The average Bonchev–Trinajstić information content (AvgIpc) is 3.16. The standard InChI is InChI=1S/C21H28N4O3S/c1-16-8-9-18(20(14-16)28-3)15-24-21(22-2)23-11-13-29(26,27)25-12-10-17-6-4-5-7-19(17)25/h4-9,14H,10-13,15H2,1-3H3,(H2,22,23,24). The minimum Gasteiger partial charge on any atom is -0.496 e. The fourth-order valence-corrected chi connectivity index (χ4v) is 4.83. The van der Waals surface area contributed by atoms with Crippen LogP contribution < -0.4 is 19.7 Å². The zero-order chi connectivity index (χ0) is 20.9. The average molecular weight is 417 g/mol. The summed E-state index contributed by atoms with van der Waals surface area (Å²) in [4.78, 5) is 4.17. The Labute approximate surface area is 172 Å². The van der Waals surface area contributed by atoms with Crippen LogP contribution >= 0.6 is 0 Å². The van der Waals surface area contributed by atoms with E-state index >= 15 is 0 Å². The van der Waals surface area contributed by atoms with Crippen molar-refractivity contribution in [3.8, 4) is 5.75 Å². The number of hydrogen-bond acceptors (Lipinski definition) is 4. The third-order valence-electron chi connectivity index (χ3n) is 4.95. The molecule has 0 aromatic heterocycles. The van der Waals surface area contributed by atoms with Gasteiger partial charge in [-0.25, -0.2) is 8.42 Å². The first kappa shape index (κ1) is 21.0. The van der Waals surface area contributed by atoms with Gasteiger partial charge in [0.1, 0.15) is 5.75 Å². The van der Waals surface area contributed by atoms with Crippen LogP contribution in [0.5, 0.6) is 5.75 Å². The molecule has 29 heavy (non-hydrogen) atoms. The lowest BCUT2D eigenvalue weighted by Crippen LogP contribution is -2.41. The summed E-state index contributed by atoms with van der Waals surface area (Å²) >= 11 is 0. The molecule has 1 aliphatic rings. The van der Waals surface area contributed by atoms with Crippen LogP contribution in [0.3, 0.4) is 0 Å². The number of anilines is 1. The van der Waals surface area contributed by atoms with Crippen molar-refractivity contribution in [1.29, 1.82) is 0 Å². The Morgan fingerprint density at radius 1 is 1.21 bits per heavy atom. The monoisotopic (exact) mass is 416 g/mol. The van der Waals surface area contributed by atoms with Crippen LogP contribution in [0.1, 0.15) is 16.7 Å². The molecular formula is C21H28N4O3S. The highest BCUT2D eigenvalue weighted by atomic mass is 32.2. The van der Waals surface area contributed by atoms with E-state index in [0.717, 1.165) is 34.5 Å². The number of aliphatic imine (C=N–C) groups is 1. The number of para-hydroxylation sites is 1. The lowest BCUT2D eigenvalue weighted by molar-refractivity contribution is 0.408. The Morgan fingerprint density at radius 2 is 2.00 bits per heavy atom. The van der Waals surface area contributed by atoms with Gasteiger partial charge < -0.3 is 15.4 Å². The van der Waals surface area contributed by atoms with Gasteiger partial charge in [0.25, 0.3) is 0 Å². The van der Waals surface area contributed by atoms with Crippen LogP contribution in [0, 0.1) is 6.92 Å². The number of rotatable bonds is 7. The molecule has 0 radical (unpaired) electrons. The summed E-state index contributed by atoms with van der Waals surface area (Å²) in [5.74, 6) is 1.35. The van der Waals surface area contributed by atoms with Crippen molar-refractivity contribution in [2.45, 2.75) is 19.9 Å². The van der Waals surface area contributed by atoms with E-state index in [4.69, 9.17) is 4.74 Å². The summed E-state index contributed by atoms with van der Waals surface area (Å²) in [6.07, 6.45) is 0.754. The largest absolute Gasteiger partial charge is 0.496 e. The molecule has 0 fully saturated rings. The molecule has 2 aromatic rings. The Morgan fingerprint density at radius 3 is 2.76 bits per heavy atom. The van der Waals surface area contributed by atoms with Gasteiger partial charge in [-0.2, -0.15) is 0 Å². The molecule has 156 valence electrons. The van der Waals surface area contributed by atoms with E-state index in [0.29, 0.717) is 19.0 Å². The van der Waals surface area contributed by atoms with Gasteiger partial charge in [-0.3, -0.25) is 9.30 Å². The summed E-state index contributed by atoms with van der Waals surface area (Å²) in [6, 6.07) is 13.7. The number of methoxy groups -OCH3 is 1. The molecule has 2 aromatic carbocycles. The molecule has 0 spiro atoms. The van der Waals surface area contributed by atoms with Crippen molar-refractivity contribution < 1.29 is 13.2 Å². The van der Waals surface area contributed by atoms with E-state index in [1.165, 1.54) is 4.31 Å². The van der Waals surface area contributed by atoms with Crippen LogP contribution in [0.15, 0.2) is 47.5 Å². The van der Waals surface area contributed by atoms with Crippen molar-refractivity contribution in [1.82, 2.24) is 10.6 Å². The topological polar surface area (TPSA) is 83.0 Å². The van der Waals surface area contributed by atoms with E-state index in [1.54, 1.807) is 14.2 Å². The molecular weight excluding hydrogens is 388 g/mol. The van der Waals surface area contributed by atoms with Crippen LogP contribution in [-0.4, -0.2) is 47.4 Å². The fourth-order valence-electron chi connectivity index (χ4n) is 3.40. The molecule has 0 unspecified atom stereocenters. The van der Waals surface area contributed by atoms with Gasteiger partial charge in [0.2, 0.25) is 10.0 Å². The summed E-state index contributed by atoms with van der Waals surface area (Å²) in [5, 5.41) is 6.29. The predicted molar refractivity (Wildman–Crippen MR) is 117 cm³/mol. The van der Waals surface area contributed by atoms with Gasteiger partial charge in [0.05, 0.1) is 18.6 Å². The van der Waals surface area contributed by atoms with E-state index < -0.39 is 10.0 Å². The van der Waals surface area contributed by atoms with E-state index in [2.05, 4.69) is 15.6 Å². The van der Waals surface area contributed by atoms with E-state index in [1.807, 2.05) is 49.4 Å². The smallest absolute Gasteiger partial charge is 0.236 e. The van der Waals surface area contributed by atoms with Crippen LogP contribution in [0.4, 0.5) is 5.69 Å². The number of aryl methyl sites for hydroxylation is 1. The van der Waals surface area contributed by atoms with Crippen LogP contribution in [0.2, 0.25) is 0 Å². The van der Waals surface area contributed by atoms with Gasteiger partial charge in [-0.15, -0.1) is 0 Å². The Kier molecular flexibility index (Phi) is 6.64. The minimum atomic E-state index is -3.39. The second kappa shape index (κ2) is 9.17. The Bertz CT molecular complexity index is 989. The molecule has 7 nitrogen and oxygen atoms in total. The SMILES string of the molecule is CN=C(NCCS(=O)(=O)N1CCc2ccccc21)NCc1ccc(C)cc1OC. The number of sulfonamides is 1. The molecule has 1 aliphatic heterocycles. The Balaban J connectivity index is 1.54.